The maximum Gasteiger partial charge on any atom is 0.420 e. The molecule has 0 saturated heterocycles. The predicted octanol–water partition coefficient (Wildman–Crippen LogP) is 5.04. The van der Waals surface area contributed by atoms with Gasteiger partial charge in [-0.3, -0.25) is 0 Å². The topological polar surface area (TPSA) is 49.8 Å². The molecule has 0 spiro atoms. The van der Waals surface area contributed by atoms with Crippen LogP contribution in [0.4, 0.5) is 24.3 Å². The van der Waals surface area contributed by atoms with Crippen LogP contribution in [0.3, 0.4) is 0 Å². The summed E-state index contributed by atoms with van der Waals surface area (Å²) < 4.78 is 28.6. The lowest BCUT2D eigenvalue weighted by Crippen LogP contribution is -2.23. The van der Waals surface area contributed by atoms with Gasteiger partial charge in [0.1, 0.15) is 17.4 Å². The van der Waals surface area contributed by atoms with E-state index in [1.54, 1.807) is 12.1 Å². The van der Waals surface area contributed by atoms with Crippen molar-refractivity contribution in [1.82, 2.24) is 0 Å². The highest BCUT2D eigenvalue weighted by Crippen LogP contribution is 2.38. The molecule has 112 valence electrons. The molecule has 1 atom stereocenters. The van der Waals surface area contributed by atoms with Crippen molar-refractivity contribution in [3.8, 4) is 5.75 Å². The number of thiophene rings is 1. The minimum atomic E-state index is -2.99. The SMILES string of the molecule is C[s+]1cccc1N(C(=O)O)c1ccc(OC(F)F)c(Cl)c1. The van der Waals surface area contributed by atoms with E-state index >= 15 is 0 Å². The van der Waals surface area contributed by atoms with Crippen LogP contribution in [0.25, 0.3) is 0 Å². The van der Waals surface area contributed by atoms with E-state index in [0.29, 0.717) is 5.00 Å². The Labute approximate surface area is 127 Å². The molecule has 1 N–H and O–H groups in total. The third kappa shape index (κ3) is 3.43. The average molecular weight is 335 g/mol. The Morgan fingerprint density at radius 1 is 1.43 bits per heavy atom. The Bertz CT molecular complexity index is 663. The van der Waals surface area contributed by atoms with Crippen LogP contribution >= 0.6 is 22.1 Å². The van der Waals surface area contributed by atoms with Gasteiger partial charge in [-0.2, -0.15) is 8.78 Å². The summed E-state index contributed by atoms with van der Waals surface area (Å²) in [4.78, 5) is 12.5. The number of aryl methyl sites for hydroxylation is 1. The predicted molar refractivity (Wildman–Crippen MR) is 78.1 cm³/mol. The Balaban J connectivity index is 2.41. The Kier molecular flexibility index (Phi) is 4.64. The van der Waals surface area contributed by atoms with Gasteiger partial charge in [-0.05, 0) is 34.7 Å². The number of ether oxygens (including phenoxy) is 1. The molecule has 1 heterocycles. The summed E-state index contributed by atoms with van der Waals surface area (Å²) in [5.41, 5.74) is 0.267. The van der Waals surface area contributed by atoms with Crippen molar-refractivity contribution in [2.24, 2.45) is 6.26 Å². The number of anilines is 2. The normalized spacial score (nSPS) is 11.6. The highest BCUT2D eigenvalue weighted by atomic mass is 35.5. The van der Waals surface area contributed by atoms with Crippen molar-refractivity contribution in [1.29, 1.82) is 0 Å². The third-order valence-electron chi connectivity index (χ3n) is 2.65. The lowest BCUT2D eigenvalue weighted by molar-refractivity contribution is -0.0497. The summed E-state index contributed by atoms with van der Waals surface area (Å²) in [6.45, 7) is -2.99. The molecule has 0 saturated carbocycles. The first kappa shape index (κ1) is 15.5. The number of hydrogen-bond donors (Lipinski definition) is 1. The fourth-order valence-corrected chi connectivity index (χ4v) is 3.23. The molecule has 1 aromatic carbocycles. The standard InChI is InChI=1S/C13H10ClF2NO3S/c1-21-6-2-3-11(21)17(13(18)19)8-4-5-10(9(14)7-8)20-12(15)16/h2-7,12H,1H3/p+1. The highest BCUT2D eigenvalue weighted by Gasteiger charge is 2.26. The van der Waals surface area contributed by atoms with Crippen LogP contribution in [-0.4, -0.2) is 17.8 Å². The van der Waals surface area contributed by atoms with Crippen LogP contribution in [0.15, 0.2) is 35.7 Å². The van der Waals surface area contributed by atoms with Crippen LogP contribution in [0.1, 0.15) is 0 Å². The van der Waals surface area contributed by atoms with E-state index in [1.165, 1.54) is 18.2 Å². The van der Waals surface area contributed by atoms with Crippen LogP contribution in [0.2, 0.25) is 5.02 Å². The second kappa shape index (κ2) is 6.28. The van der Waals surface area contributed by atoms with Gasteiger partial charge < -0.3 is 9.84 Å². The van der Waals surface area contributed by atoms with Crippen LogP contribution < -0.4 is 9.64 Å². The number of halogens is 3. The van der Waals surface area contributed by atoms with Crippen molar-refractivity contribution in [2.45, 2.75) is 6.61 Å². The summed E-state index contributed by atoms with van der Waals surface area (Å²) in [6, 6.07) is 7.33. The summed E-state index contributed by atoms with van der Waals surface area (Å²) in [5, 5.41) is 11.8. The summed E-state index contributed by atoms with van der Waals surface area (Å²) in [6.07, 6.45) is 0.698. The number of carboxylic acid groups (broad SMARTS) is 1. The van der Waals surface area contributed by atoms with Crippen molar-refractivity contribution >= 4 is 38.9 Å². The molecule has 2 rings (SSSR count). The summed E-state index contributed by atoms with van der Waals surface area (Å²) in [7, 11) is -0.352. The first-order chi connectivity index (χ1) is 9.90. The third-order valence-corrected chi connectivity index (χ3v) is 4.49. The molecule has 8 heteroatoms. The molecule has 1 unspecified atom stereocenters. The lowest BCUT2D eigenvalue weighted by Gasteiger charge is -2.16. The highest BCUT2D eigenvalue weighted by molar-refractivity contribution is 7.31. The zero-order valence-electron chi connectivity index (χ0n) is 10.8. The van der Waals surface area contributed by atoms with Crippen molar-refractivity contribution in [3.05, 3.63) is 40.7 Å². The molecule has 0 aliphatic heterocycles. The van der Waals surface area contributed by atoms with E-state index in [2.05, 4.69) is 4.74 Å². The average Bonchev–Trinajstić information content (AvgIpc) is 2.78. The van der Waals surface area contributed by atoms with E-state index in [-0.39, 0.29) is 26.9 Å². The molecular formula is C13H11ClF2NO3S+. The van der Waals surface area contributed by atoms with Gasteiger partial charge in [-0.15, -0.1) is 0 Å². The van der Waals surface area contributed by atoms with E-state index in [9.17, 15) is 18.7 Å². The zero-order chi connectivity index (χ0) is 15.6. The number of carbonyl (C=O) groups is 1. The minimum absolute atomic E-state index is 0.0819. The Morgan fingerprint density at radius 3 is 2.62 bits per heavy atom. The molecular weight excluding hydrogens is 324 g/mol. The molecule has 0 aliphatic carbocycles. The van der Waals surface area contributed by atoms with Gasteiger partial charge in [0.2, 0.25) is 0 Å². The number of benzene rings is 1. The van der Waals surface area contributed by atoms with Crippen molar-refractivity contribution in [2.75, 3.05) is 4.90 Å². The molecule has 4 nitrogen and oxygen atoms in total. The number of rotatable bonds is 4. The van der Waals surface area contributed by atoms with Crippen LogP contribution in [0, 0.1) is 0 Å². The van der Waals surface area contributed by atoms with Gasteiger partial charge in [-0.25, -0.2) is 9.69 Å². The molecule has 0 bridgehead atoms. The molecule has 21 heavy (non-hydrogen) atoms. The number of amides is 1. The van der Waals surface area contributed by atoms with Crippen LogP contribution in [-0.2, 0) is 6.26 Å². The lowest BCUT2D eigenvalue weighted by atomic mass is 10.3. The first-order valence-electron chi connectivity index (χ1n) is 5.71. The quantitative estimate of drug-likeness (QED) is 0.796. The molecule has 0 fully saturated rings. The van der Waals surface area contributed by atoms with Crippen LogP contribution in [0.5, 0.6) is 5.75 Å². The first-order valence-corrected chi connectivity index (χ1v) is 7.78. The van der Waals surface area contributed by atoms with Gasteiger partial charge >= 0.3 is 12.7 Å². The van der Waals surface area contributed by atoms with Gasteiger partial charge in [0.15, 0.2) is 0 Å². The fraction of sp³-hybridized carbons (Fsp3) is 0.154. The largest absolute Gasteiger partial charge is 0.464 e. The molecule has 0 aliphatic rings. The smallest absolute Gasteiger partial charge is 0.420 e. The number of alkyl halides is 2. The second-order valence-corrected chi connectivity index (χ2v) is 6.22. The van der Waals surface area contributed by atoms with Crippen molar-refractivity contribution < 1.29 is 23.4 Å². The van der Waals surface area contributed by atoms with Gasteiger partial charge in [0, 0.05) is 6.07 Å². The van der Waals surface area contributed by atoms with Gasteiger partial charge in [0.05, 0.1) is 10.7 Å². The summed E-state index contributed by atoms with van der Waals surface area (Å²) >= 11 is 5.85. The fourth-order valence-electron chi connectivity index (χ4n) is 1.79. The van der Waals surface area contributed by atoms with Gasteiger partial charge in [0.25, 0.3) is 5.00 Å². The summed E-state index contributed by atoms with van der Waals surface area (Å²) in [5.74, 6) is -0.199. The van der Waals surface area contributed by atoms with E-state index < -0.39 is 12.7 Å². The monoisotopic (exact) mass is 334 g/mol. The Morgan fingerprint density at radius 2 is 2.14 bits per heavy atom. The molecule has 1 aromatic heterocycles. The number of hydrogen-bond acceptors (Lipinski definition) is 2. The number of nitrogens with zero attached hydrogens (tertiary/aromatic N) is 1. The second-order valence-electron chi connectivity index (χ2n) is 4.00. The van der Waals surface area contributed by atoms with Gasteiger partial charge in [-0.1, -0.05) is 11.6 Å². The van der Waals surface area contributed by atoms with E-state index in [0.717, 1.165) is 4.90 Å². The molecule has 2 aromatic rings. The maximum absolute atomic E-state index is 12.2. The Hall–Kier alpha value is -1.86. The molecule has 0 radical (unpaired) electrons. The van der Waals surface area contributed by atoms with E-state index in [4.69, 9.17) is 11.6 Å². The molecule has 1 amide bonds. The van der Waals surface area contributed by atoms with E-state index in [1.807, 2.05) is 11.6 Å². The maximum atomic E-state index is 12.2. The van der Waals surface area contributed by atoms with Crippen molar-refractivity contribution in [3.63, 3.8) is 0 Å². The zero-order valence-corrected chi connectivity index (χ0v) is 12.4. The minimum Gasteiger partial charge on any atom is -0.464 e.